The summed E-state index contributed by atoms with van der Waals surface area (Å²) in [6.45, 7) is 0.503. The molecule has 1 amide bonds. The first-order valence-corrected chi connectivity index (χ1v) is 7.35. The second kappa shape index (κ2) is 8.58. The van der Waals surface area contributed by atoms with Gasteiger partial charge in [0.25, 0.3) is 0 Å². The van der Waals surface area contributed by atoms with Crippen LogP contribution in [0.15, 0.2) is 60.7 Å². The van der Waals surface area contributed by atoms with Gasteiger partial charge in [-0.25, -0.2) is 4.39 Å². The number of para-hydroxylation sites is 2. The Kier molecular flexibility index (Phi) is 6.17. The third kappa shape index (κ3) is 5.82. The van der Waals surface area contributed by atoms with Crippen molar-refractivity contribution in [2.24, 2.45) is 0 Å². The third-order valence-corrected chi connectivity index (χ3v) is 3.09. The van der Waals surface area contributed by atoms with Crippen LogP contribution in [-0.2, 0) is 4.79 Å². The van der Waals surface area contributed by atoms with Gasteiger partial charge in [0.05, 0.1) is 18.0 Å². The number of allylic oxidation sites excluding steroid dienone is 1. The lowest BCUT2D eigenvalue weighted by Gasteiger charge is -2.05. The van der Waals surface area contributed by atoms with Crippen LogP contribution in [-0.4, -0.2) is 12.5 Å². The summed E-state index contributed by atoms with van der Waals surface area (Å²) in [6.07, 6.45) is 4.72. The van der Waals surface area contributed by atoms with Crippen LogP contribution < -0.4 is 15.8 Å². The minimum atomic E-state index is -0.287. The van der Waals surface area contributed by atoms with Crippen molar-refractivity contribution in [2.45, 2.75) is 12.8 Å². The molecule has 0 heterocycles. The van der Waals surface area contributed by atoms with Gasteiger partial charge in [0.15, 0.2) is 0 Å². The molecule has 0 saturated carbocycles. The highest BCUT2D eigenvalue weighted by Gasteiger charge is 2.00. The Bertz CT molecular complexity index is 669. The number of nitrogens with two attached hydrogens (primary N) is 1. The molecule has 0 saturated heterocycles. The Morgan fingerprint density at radius 3 is 2.65 bits per heavy atom. The van der Waals surface area contributed by atoms with Crippen molar-refractivity contribution in [1.82, 2.24) is 0 Å². The molecule has 23 heavy (non-hydrogen) atoms. The molecule has 0 atom stereocenters. The smallest absolute Gasteiger partial charge is 0.248 e. The predicted molar refractivity (Wildman–Crippen MR) is 89.8 cm³/mol. The van der Waals surface area contributed by atoms with Crippen LogP contribution in [0.1, 0.15) is 12.8 Å². The number of halogens is 1. The first-order valence-electron chi connectivity index (χ1n) is 7.35. The second-order valence-corrected chi connectivity index (χ2v) is 4.92. The van der Waals surface area contributed by atoms with E-state index in [9.17, 15) is 9.18 Å². The number of unbranched alkanes of at least 4 members (excludes halogenated alkanes) is 1. The van der Waals surface area contributed by atoms with E-state index in [1.165, 1.54) is 18.2 Å². The molecule has 0 aliphatic rings. The number of benzene rings is 2. The van der Waals surface area contributed by atoms with Crippen molar-refractivity contribution in [1.29, 1.82) is 0 Å². The summed E-state index contributed by atoms with van der Waals surface area (Å²) >= 11 is 0. The van der Waals surface area contributed by atoms with E-state index in [2.05, 4.69) is 5.32 Å². The number of anilines is 2. The molecule has 0 radical (unpaired) electrons. The lowest BCUT2D eigenvalue weighted by Crippen LogP contribution is -2.09. The molecule has 120 valence electrons. The predicted octanol–water partition coefficient (Wildman–Crippen LogP) is 3.76. The summed E-state index contributed by atoms with van der Waals surface area (Å²) in [5.74, 6) is 0.125. The lowest BCUT2D eigenvalue weighted by atomic mass is 10.2. The van der Waals surface area contributed by atoms with E-state index in [4.69, 9.17) is 10.5 Å². The highest BCUT2D eigenvalue weighted by molar-refractivity contribution is 6.01. The number of ether oxygens (including phenoxy) is 1. The van der Waals surface area contributed by atoms with E-state index in [0.717, 1.165) is 6.42 Å². The highest BCUT2D eigenvalue weighted by atomic mass is 19.1. The van der Waals surface area contributed by atoms with Gasteiger partial charge in [0, 0.05) is 0 Å². The second-order valence-electron chi connectivity index (χ2n) is 4.92. The Morgan fingerprint density at radius 1 is 1.17 bits per heavy atom. The van der Waals surface area contributed by atoms with Crippen molar-refractivity contribution in [3.63, 3.8) is 0 Å². The van der Waals surface area contributed by atoms with Crippen molar-refractivity contribution in [3.05, 3.63) is 66.5 Å². The minimum absolute atomic E-state index is 0.220. The largest absolute Gasteiger partial charge is 0.494 e. The normalized spacial score (nSPS) is 10.7. The number of rotatable bonds is 7. The summed E-state index contributed by atoms with van der Waals surface area (Å²) < 4.78 is 18.2. The molecule has 0 fully saturated rings. The molecular weight excluding hydrogens is 295 g/mol. The molecule has 0 aliphatic heterocycles. The monoisotopic (exact) mass is 314 g/mol. The topological polar surface area (TPSA) is 64.3 Å². The summed E-state index contributed by atoms with van der Waals surface area (Å²) in [4.78, 5) is 11.7. The average molecular weight is 314 g/mol. The zero-order valence-electron chi connectivity index (χ0n) is 12.7. The van der Waals surface area contributed by atoms with E-state index in [0.29, 0.717) is 30.2 Å². The molecule has 5 heteroatoms. The van der Waals surface area contributed by atoms with Crippen LogP contribution in [0.5, 0.6) is 5.75 Å². The Hall–Kier alpha value is -2.82. The summed E-state index contributed by atoms with van der Waals surface area (Å²) in [5, 5.41) is 2.71. The molecular formula is C18H19FN2O2. The highest BCUT2D eigenvalue weighted by Crippen LogP contribution is 2.16. The molecule has 4 nitrogen and oxygen atoms in total. The van der Waals surface area contributed by atoms with Gasteiger partial charge in [-0.05, 0) is 55.3 Å². The van der Waals surface area contributed by atoms with E-state index in [-0.39, 0.29) is 11.7 Å². The summed E-state index contributed by atoms with van der Waals surface area (Å²) in [7, 11) is 0. The van der Waals surface area contributed by atoms with Crippen LogP contribution in [0.2, 0.25) is 0 Å². The zero-order chi connectivity index (χ0) is 16.5. The number of hydrogen-bond donors (Lipinski definition) is 2. The number of carbonyl (C=O) groups is 1. The molecule has 2 aromatic carbocycles. The molecule has 0 spiro atoms. The number of nitrogen functional groups attached to an aromatic ring is 1. The molecule has 0 aromatic heterocycles. The van der Waals surface area contributed by atoms with Crippen LogP contribution in [0.4, 0.5) is 15.8 Å². The number of nitrogens with one attached hydrogen (secondary N) is 1. The summed E-state index contributed by atoms with van der Waals surface area (Å²) in [6, 6.07) is 13.0. The SMILES string of the molecule is Nc1ccccc1NC(=O)/C=C/CCCOc1ccc(F)cc1. The fourth-order valence-electron chi connectivity index (χ4n) is 1.90. The maximum atomic E-state index is 12.7. The van der Waals surface area contributed by atoms with Gasteiger partial charge in [-0.1, -0.05) is 18.2 Å². The van der Waals surface area contributed by atoms with Crippen molar-refractivity contribution < 1.29 is 13.9 Å². The van der Waals surface area contributed by atoms with Gasteiger partial charge in [-0.3, -0.25) is 4.79 Å². The van der Waals surface area contributed by atoms with Crippen molar-refractivity contribution in [3.8, 4) is 5.75 Å². The fraction of sp³-hybridized carbons (Fsp3) is 0.167. The molecule has 3 N–H and O–H groups in total. The quantitative estimate of drug-likeness (QED) is 0.464. The standard InChI is InChI=1S/C18H19FN2O2/c19-14-9-11-15(12-10-14)23-13-5-1-2-8-18(22)21-17-7-4-3-6-16(17)20/h2-4,6-12H,1,5,13,20H2,(H,21,22)/b8-2+. The van der Waals surface area contributed by atoms with E-state index in [1.54, 1.807) is 30.3 Å². The number of amides is 1. The van der Waals surface area contributed by atoms with Gasteiger partial charge < -0.3 is 15.8 Å². The maximum absolute atomic E-state index is 12.7. The fourth-order valence-corrected chi connectivity index (χ4v) is 1.90. The molecule has 2 aromatic rings. The molecule has 0 aliphatic carbocycles. The number of carbonyl (C=O) groups excluding carboxylic acids is 1. The van der Waals surface area contributed by atoms with Gasteiger partial charge in [0.2, 0.25) is 5.91 Å². The Labute approximate surface area is 134 Å². The molecule has 0 bridgehead atoms. The van der Waals surface area contributed by atoms with Gasteiger partial charge in [-0.15, -0.1) is 0 Å². The Morgan fingerprint density at radius 2 is 1.91 bits per heavy atom. The first-order chi connectivity index (χ1) is 11.1. The van der Waals surface area contributed by atoms with Crippen LogP contribution >= 0.6 is 0 Å². The third-order valence-electron chi connectivity index (χ3n) is 3.09. The molecule has 0 unspecified atom stereocenters. The van der Waals surface area contributed by atoms with Crippen molar-refractivity contribution in [2.75, 3.05) is 17.7 Å². The average Bonchev–Trinajstić information content (AvgIpc) is 2.54. The lowest BCUT2D eigenvalue weighted by molar-refractivity contribution is -0.111. The van der Waals surface area contributed by atoms with Gasteiger partial charge in [0.1, 0.15) is 11.6 Å². The number of hydrogen-bond acceptors (Lipinski definition) is 3. The van der Waals surface area contributed by atoms with Gasteiger partial charge in [-0.2, -0.15) is 0 Å². The zero-order valence-corrected chi connectivity index (χ0v) is 12.7. The van der Waals surface area contributed by atoms with Crippen LogP contribution in [0, 0.1) is 5.82 Å². The van der Waals surface area contributed by atoms with E-state index in [1.807, 2.05) is 12.1 Å². The summed E-state index contributed by atoms with van der Waals surface area (Å²) in [5.41, 5.74) is 6.88. The van der Waals surface area contributed by atoms with Crippen LogP contribution in [0.25, 0.3) is 0 Å². The maximum Gasteiger partial charge on any atom is 0.248 e. The first kappa shape index (κ1) is 16.5. The Balaban J connectivity index is 1.65. The van der Waals surface area contributed by atoms with E-state index >= 15 is 0 Å². The van der Waals surface area contributed by atoms with Gasteiger partial charge >= 0.3 is 0 Å². The molecule has 2 rings (SSSR count). The van der Waals surface area contributed by atoms with E-state index < -0.39 is 0 Å². The van der Waals surface area contributed by atoms with Crippen LogP contribution in [0.3, 0.4) is 0 Å². The van der Waals surface area contributed by atoms with Crippen molar-refractivity contribution >= 4 is 17.3 Å². The minimum Gasteiger partial charge on any atom is -0.494 e.